The molecule has 0 spiro atoms. The quantitative estimate of drug-likeness (QED) is 0.522. The summed E-state index contributed by atoms with van der Waals surface area (Å²) >= 11 is 0. The van der Waals surface area contributed by atoms with Crippen LogP contribution in [0.15, 0.2) is 42.6 Å². The summed E-state index contributed by atoms with van der Waals surface area (Å²) < 4.78 is 29.2. The van der Waals surface area contributed by atoms with Crippen LogP contribution < -0.4 is 16.4 Å². The maximum atomic E-state index is 14.9. The third-order valence-electron chi connectivity index (χ3n) is 5.65. The second-order valence-electron chi connectivity index (χ2n) is 7.73. The van der Waals surface area contributed by atoms with Crippen LogP contribution in [-0.2, 0) is 13.0 Å². The molecule has 0 amide bonds. The molecule has 0 bridgehead atoms. The lowest BCUT2D eigenvalue weighted by Crippen LogP contribution is -2.21. The number of fused-ring (bicyclic) bond motifs is 2. The Balaban J connectivity index is 1.55. The van der Waals surface area contributed by atoms with E-state index in [9.17, 15) is 8.78 Å². The summed E-state index contributed by atoms with van der Waals surface area (Å²) in [7, 11) is 0. The van der Waals surface area contributed by atoms with Crippen LogP contribution in [0.3, 0.4) is 0 Å². The molecule has 3 heterocycles. The van der Waals surface area contributed by atoms with Crippen LogP contribution in [0.4, 0.5) is 26.2 Å². The smallest absolute Gasteiger partial charge is 0.221 e. The number of nitrogens with zero attached hydrogens (tertiary/aromatic N) is 4. The Bertz CT molecular complexity index is 1340. The second kappa shape index (κ2) is 7.16. The number of anilines is 3. The van der Waals surface area contributed by atoms with E-state index in [0.29, 0.717) is 28.8 Å². The predicted molar refractivity (Wildman–Crippen MR) is 117 cm³/mol. The minimum atomic E-state index is -0.882. The first-order valence-corrected chi connectivity index (χ1v) is 9.91. The highest BCUT2D eigenvalue weighted by atomic mass is 19.2. The standard InChI is InChI=1S/C23H20F2N6/c1-12-2-3-15-9-17(24)20(25)19(21(15)29-12)14-4-5-18-13(8-14)6-7-31(18)11-16-10-28-23(27)30-22(16)26/h2-5,8-10H,6-7,11H2,1H3,(H4,26,27,28,30). The molecular formula is C23H20F2N6. The summed E-state index contributed by atoms with van der Waals surface area (Å²) in [5, 5.41) is 0.570. The van der Waals surface area contributed by atoms with Crippen LogP contribution in [0.25, 0.3) is 22.0 Å². The number of rotatable bonds is 3. The van der Waals surface area contributed by atoms with Gasteiger partial charge >= 0.3 is 0 Å². The molecule has 4 N–H and O–H groups in total. The largest absolute Gasteiger partial charge is 0.383 e. The first-order valence-electron chi connectivity index (χ1n) is 9.91. The van der Waals surface area contributed by atoms with Crippen molar-refractivity contribution in [2.75, 3.05) is 22.9 Å². The monoisotopic (exact) mass is 418 g/mol. The first kappa shape index (κ1) is 19.2. The van der Waals surface area contributed by atoms with Gasteiger partial charge in [-0.25, -0.2) is 13.8 Å². The average molecular weight is 418 g/mol. The Kier molecular flexibility index (Phi) is 4.43. The molecular weight excluding hydrogens is 398 g/mol. The van der Waals surface area contributed by atoms with Gasteiger partial charge < -0.3 is 16.4 Å². The van der Waals surface area contributed by atoms with Crippen molar-refractivity contribution >= 4 is 28.4 Å². The molecule has 8 heteroatoms. The summed E-state index contributed by atoms with van der Waals surface area (Å²) in [6.45, 7) is 3.14. The predicted octanol–water partition coefficient (Wildman–Crippen LogP) is 4.01. The molecule has 4 aromatic rings. The van der Waals surface area contributed by atoms with E-state index >= 15 is 0 Å². The molecule has 2 aromatic heterocycles. The number of aryl methyl sites for hydroxylation is 1. The fourth-order valence-electron chi connectivity index (χ4n) is 4.12. The number of hydrogen-bond donors (Lipinski definition) is 2. The zero-order chi connectivity index (χ0) is 21.7. The summed E-state index contributed by atoms with van der Waals surface area (Å²) in [4.78, 5) is 14.7. The van der Waals surface area contributed by atoms with Crippen molar-refractivity contribution < 1.29 is 8.78 Å². The number of aromatic nitrogens is 3. The molecule has 0 saturated carbocycles. The molecule has 156 valence electrons. The average Bonchev–Trinajstić information content (AvgIpc) is 3.13. The van der Waals surface area contributed by atoms with E-state index in [0.717, 1.165) is 35.5 Å². The molecule has 1 aliphatic rings. The fraction of sp³-hybridized carbons (Fsp3) is 0.174. The van der Waals surface area contributed by atoms with E-state index < -0.39 is 11.6 Å². The van der Waals surface area contributed by atoms with E-state index in [-0.39, 0.29) is 11.5 Å². The molecule has 6 nitrogen and oxygen atoms in total. The molecule has 0 aliphatic carbocycles. The van der Waals surface area contributed by atoms with E-state index in [1.807, 2.05) is 19.1 Å². The van der Waals surface area contributed by atoms with E-state index in [4.69, 9.17) is 11.5 Å². The number of hydrogen-bond acceptors (Lipinski definition) is 6. The van der Waals surface area contributed by atoms with Crippen molar-refractivity contribution in [1.29, 1.82) is 0 Å². The van der Waals surface area contributed by atoms with Crippen LogP contribution >= 0.6 is 0 Å². The summed E-state index contributed by atoms with van der Waals surface area (Å²) in [5.41, 5.74) is 16.4. The van der Waals surface area contributed by atoms with E-state index in [2.05, 4.69) is 19.9 Å². The zero-order valence-corrected chi connectivity index (χ0v) is 16.9. The van der Waals surface area contributed by atoms with Gasteiger partial charge in [0.25, 0.3) is 0 Å². The molecule has 0 saturated heterocycles. The van der Waals surface area contributed by atoms with Gasteiger partial charge in [-0.1, -0.05) is 12.1 Å². The van der Waals surface area contributed by atoms with Gasteiger partial charge in [-0.15, -0.1) is 0 Å². The van der Waals surface area contributed by atoms with E-state index in [1.54, 1.807) is 24.4 Å². The van der Waals surface area contributed by atoms with Crippen LogP contribution in [0.1, 0.15) is 16.8 Å². The highest BCUT2D eigenvalue weighted by Gasteiger charge is 2.23. The number of pyridine rings is 1. The van der Waals surface area contributed by atoms with Crippen LogP contribution in [0.2, 0.25) is 0 Å². The number of nitrogen functional groups attached to an aromatic ring is 2. The normalized spacial score (nSPS) is 13.1. The van der Waals surface area contributed by atoms with Crippen molar-refractivity contribution in [2.24, 2.45) is 0 Å². The van der Waals surface area contributed by atoms with Gasteiger partial charge in [0.15, 0.2) is 11.6 Å². The highest BCUT2D eigenvalue weighted by Crippen LogP contribution is 2.37. The van der Waals surface area contributed by atoms with Crippen molar-refractivity contribution in [3.63, 3.8) is 0 Å². The topological polar surface area (TPSA) is 94.0 Å². The summed E-state index contributed by atoms with van der Waals surface area (Å²) in [6, 6.07) is 10.4. The van der Waals surface area contributed by atoms with Crippen molar-refractivity contribution in [2.45, 2.75) is 19.9 Å². The molecule has 31 heavy (non-hydrogen) atoms. The third kappa shape index (κ3) is 3.30. The van der Waals surface area contributed by atoms with Crippen LogP contribution in [0, 0.1) is 18.6 Å². The van der Waals surface area contributed by atoms with Gasteiger partial charge in [0.2, 0.25) is 5.95 Å². The van der Waals surface area contributed by atoms with Gasteiger partial charge in [-0.3, -0.25) is 4.98 Å². The Morgan fingerprint density at radius 2 is 1.90 bits per heavy atom. The second-order valence-corrected chi connectivity index (χ2v) is 7.73. The highest BCUT2D eigenvalue weighted by molar-refractivity contribution is 5.94. The zero-order valence-electron chi connectivity index (χ0n) is 16.9. The third-order valence-corrected chi connectivity index (χ3v) is 5.65. The molecule has 0 radical (unpaired) electrons. The molecule has 1 aliphatic heterocycles. The van der Waals surface area contributed by atoms with Gasteiger partial charge in [0, 0.05) is 47.2 Å². The maximum absolute atomic E-state index is 14.9. The Labute approximate surface area is 177 Å². The molecule has 5 rings (SSSR count). The van der Waals surface area contributed by atoms with Crippen molar-refractivity contribution in [3.05, 3.63) is 71.1 Å². The van der Waals surface area contributed by atoms with Crippen LogP contribution in [0.5, 0.6) is 0 Å². The van der Waals surface area contributed by atoms with Crippen LogP contribution in [-0.4, -0.2) is 21.5 Å². The van der Waals surface area contributed by atoms with Gasteiger partial charge in [-0.05, 0) is 48.7 Å². The lowest BCUT2D eigenvalue weighted by atomic mass is 9.98. The molecule has 2 aromatic carbocycles. The lowest BCUT2D eigenvalue weighted by molar-refractivity contribution is 0.513. The van der Waals surface area contributed by atoms with Gasteiger partial charge in [0.05, 0.1) is 5.52 Å². The Hall–Kier alpha value is -3.81. The Morgan fingerprint density at radius 3 is 2.71 bits per heavy atom. The number of nitrogens with two attached hydrogens (primary N) is 2. The van der Waals surface area contributed by atoms with Gasteiger partial charge in [-0.2, -0.15) is 4.98 Å². The fourth-order valence-corrected chi connectivity index (χ4v) is 4.12. The van der Waals surface area contributed by atoms with E-state index in [1.165, 1.54) is 6.07 Å². The lowest BCUT2D eigenvalue weighted by Gasteiger charge is -2.20. The summed E-state index contributed by atoms with van der Waals surface area (Å²) in [6.07, 6.45) is 2.41. The summed E-state index contributed by atoms with van der Waals surface area (Å²) in [5.74, 6) is -1.27. The SMILES string of the molecule is Cc1ccc2cc(F)c(F)c(-c3ccc4c(c3)CCN4Cc3cnc(N)nc3N)c2n1. The minimum absolute atomic E-state index is 0.140. The minimum Gasteiger partial charge on any atom is -0.383 e. The van der Waals surface area contributed by atoms with Crippen molar-refractivity contribution in [3.8, 4) is 11.1 Å². The molecule has 0 unspecified atom stereocenters. The number of halogens is 2. The van der Waals surface area contributed by atoms with Crippen molar-refractivity contribution in [1.82, 2.24) is 15.0 Å². The Morgan fingerprint density at radius 1 is 1.06 bits per heavy atom. The maximum Gasteiger partial charge on any atom is 0.221 e. The molecule has 0 atom stereocenters. The number of benzene rings is 2. The first-order chi connectivity index (χ1) is 14.9. The molecule has 0 fully saturated rings. The van der Waals surface area contributed by atoms with Gasteiger partial charge in [0.1, 0.15) is 5.82 Å².